The van der Waals surface area contributed by atoms with E-state index in [0.29, 0.717) is 17.8 Å². The highest BCUT2D eigenvalue weighted by Crippen LogP contribution is 2.31. The number of nitrogens with zero attached hydrogens (tertiary/aromatic N) is 1. The molecule has 1 heterocycles. The topological polar surface area (TPSA) is 61.4 Å². The van der Waals surface area contributed by atoms with Gasteiger partial charge in [0, 0.05) is 30.7 Å². The summed E-state index contributed by atoms with van der Waals surface area (Å²) in [7, 11) is 0. The number of amides is 3. The summed E-state index contributed by atoms with van der Waals surface area (Å²) in [6.07, 6.45) is 3.73. The first-order valence-corrected chi connectivity index (χ1v) is 8.15. The van der Waals surface area contributed by atoms with E-state index in [4.69, 9.17) is 0 Å². The second-order valence-electron chi connectivity index (χ2n) is 6.46. The van der Waals surface area contributed by atoms with Gasteiger partial charge in [-0.05, 0) is 50.3 Å². The molecule has 2 fully saturated rings. The molecule has 1 saturated carbocycles. The van der Waals surface area contributed by atoms with Crippen molar-refractivity contribution in [3.05, 3.63) is 29.6 Å². The summed E-state index contributed by atoms with van der Waals surface area (Å²) in [5.41, 5.74) is 0.963. The number of piperidine rings is 1. The molecule has 3 rings (SSSR count). The molecule has 5 nitrogen and oxygen atoms in total. The number of benzene rings is 1. The zero-order valence-corrected chi connectivity index (χ0v) is 13.3. The van der Waals surface area contributed by atoms with Gasteiger partial charge in [0.2, 0.25) is 5.91 Å². The van der Waals surface area contributed by atoms with Crippen molar-refractivity contribution in [2.75, 3.05) is 18.4 Å². The van der Waals surface area contributed by atoms with Gasteiger partial charge in [0.15, 0.2) is 0 Å². The van der Waals surface area contributed by atoms with E-state index in [-0.39, 0.29) is 29.7 Å². The molecule has 3 amide bonds. The van der Waals surface area contributed by atoms with Crippen LogP contribution in [0.2, 0.25) is 0 Å². The molecule has 124 valence electrons. The second kappa shape index (κ2) is 6.56. The van der Waals surface area contributed by atoms with Crippen LogP contribution in [0, 0.1) is 18.7 Å². The normalized spacial score (nSPS) is 21.0. The summed E-state index contributed by atoms with van der Waals surface area (Å²) in [5, 5.41) is 5.52. The predicted octanol–water partition coefficient (Wildman–Crippen LogP) is 2.66. The minimum absolute atomic E-state index is 0.0539. The van der Waals surface area contributed by atoms with Gasteiger partial charge in [0.1, 0.15) is 5.82 Å². The lowest BCUT2D eigenvalue weighted by Crippen LogP contribution is -2.50. The fourth-order valence-corrected chi connectivity index (χ4v) is 2.91. The predicted molar refractivity (Wildman–Crippen MR) is 85.6 cm³/mol. The highest BCUT2D eigenvalue weighted by Gasteiger charge is 2.35. The van der Waals surface area contributed by atoms with Crippen LogP contribution in [0.15, 0.2) is 18.2 Å². The number of nitrogens with one attached hydrogen (secondary N) is 2. The lowest BCUT2D eigenvalue weighted by atomic mass is 10.1. The number of carbonyl (C=O) groups is 2. The largest absolute Gasteiger partial charge is 0.340 e. The van der Waals surface area contributed by atoms with Crippen molar-refractivity contribution in [2.45, 2.75) is 38.6 Å². The number of hydrogen-bond donors (Lipinski definition) is 2. The van der Waals surface area contributed by atoms with Gasteiger partial charge >= 0.3 is 6.03 Å². The molecule has 1 unspecified atom stereocenters. The Bertz CT molecular complexity index is 616. The first-order valence-electron chi connectivity index (χ1n) is 8.15. The summed E-state index contributed by atoms with van der Waals surface area (Å²) in [6.45, 7) is 3.01. The maximum Gasteiger partial charge on any atom is 0.319 e. The Labute approximate surface area is 135 Å². The van der Waals surface area contributed by atoms with Crippen LogP contribution in [0.1, 0.15) is 31.2 Å². The molecule has 1 saturated heterocycles. The molecular formula is C17H22FN3O2. The van der Waals surface area contributed by atoms with Gasteiger partial charge in [-0.1, -0.05) is 6.07 Å². The Morgan fingerprint density at radius 2 is 2.04 bits per heavy atom. The van der Waals surface area contributed by atoms with Crippen LogP contribution >= 0.6 is 0 Å². The lowest BCUT2D eigenvalue weighted by molar-refractivity contribution is -0.133. The summed E-state index contributed by atoms with van der Waals surface area (Å²) in [6, 6.07) is 4.18. The number of hydrogen-bond acceptors (Lipinski definition) is 2. The zero-order chi connectivity index (χ0) is 16.4. The monoisotopic (exact) mass is 319 g/mol. The molecule has 1 atom stereocenters. The third-order valence-corrected chi connectivity index (χ3v) is 4.42. The fourth-order valence-electron chi connectivity index (χ4n) is 2.91. The summed E-state index contributed by atoms with van der Waals surface area (Å²) >= 11 is 0. The number of rotatable bonds is 3. The molecule has 2 aliphatic rings. The van der Waals surface area contributed by atoms with Crippen LogP contribution in [0.4, 0.5) is 14.9 Å². The standard InChI is InChI=1S/C17H22FN3O2/c1-11-4-7-13(9-15(11)18)19-17(23)20-14-3-2-8-21(10-14)16(22)12-5-6-12/h4,7,9,12,14H,2-3,5-6,8,10H2,1H3,(H2,19,20,23). The number of aryl methyl sites for hydroxylation is 1. The van der Waals surface area contributed by atoms with E-state index in [1.54, 1.807) is 19.1 Å². The number of likely N-dealkylation sites (tertiary alicyclic amines) is 1. The van der Waals surface area contributed by atoms with Crippen LogP contribution in [-0.2, 0) is 4.79 Å². The molecule has 0 bridgehead atoms. The minimum atomic E-state index is -0.362. The summed E-state index contributed by atoms with van der Waals surface area (Å²) < 4.78 is 13.5. The molecule has 23 heavy (non-hydrogen) atoms. The third kappa shape index (κ3) is 4.00. The zero-order valence-electron chi connectivity index (χ0n) is 13.3. The molecule has 0 spiro atoms. The van der Waals surface area contributed by atoms with E-state index in [2.05, 4.69) is 10.6 Å². The van der Waals surface area contributed by atoms with E-state index >= 15 is 0 Å². The Kier molecular flexibility index (Phi) is 4.50. The average Bonchev–Trinajstić information content (AvgIpc) is 3.35. The molecule has 1 aliphatic heterocycles. The summed E-state index contributed by atoms with van der Waals surface area (Å²) in [4.78, 5) is 26.0. The maximum atomic E-state index is 13.5. The van der Waals surface area contributed by atoms with E-state index in [1.807, 2.05) is 4.90 Å². The number of halogens is 1. The van der Waals surface area contributed by atoms with Crippen molar-refractivity contribution in [3.63, 3.8) is 0 Å². The van der Waals surface area contributed by atoms with Crippen LogP contribution in [-0.4, -0.2) is 36.0 Å². The molecule has 0 radical (unpaired) electrons. The van der Waals surface area contributed by atoms with E-state index < -0.39 is 0 Å². The second-order valence-corrected chi connectivity index (χ2v) is 6.46. The molecule has 6 heteroatoms. The Morgan fingerprint density at radius 3 is 2.74 bits per heavy atom. The van der Waals surface area contributed by atoms with Crippen LogP contribution in [0.25, 0.3) is 0 Å². The first kappa shape index (κ1) is 15.8. The quantitative estimate of drug-likeness (QED) is 0.900. The van der Waals surface area contributed by atoms with Gasteiger partial charge in [0.25, 0.3) is 0 Å². The highest BCUT2D eigenvalue weighted by atomic mass is 19.1. The van der Waals surface area contributed by atoms with Gasteiger partial charge in [-0.2, -0.15) is 0 Å². The van der Waals surface area contributed by atoms with Crippen molar-refractivity contribution >= 4 is 17.6 Å². The molecule has 1 aromatic carbocycles. The minimum Gasteiger partial charge on any atom is -0.340 e. The molecule has 0 aromatic heterocycles. The average molecular weight is 319 g/mol. The third-order valence-electron chi connectivity index (χ3n) is 4.42. The molecule has 1 aromatic rings. The van der Waals surface area contributed by atoms with Gasteiger partial charge in [-0.3, -0.25) is 4.79 Å². The molecular weight excluding hydrogens is 297 g/mol. The van der Waals surface area contributed by atoms with Gasteiger partial charge in [-0.25, -0.2) is 9.18 Å². The Balaban J connectivity index is 1.52. The number of carbonyl (C=O) groups excluding carboxylic acids is 2. The number of anilines is 1. The Hall–Kier alpha value is -2.11. The van der Waals surface area contributed by atoms with Crippen molar-refractivity contribution in [1.29, 1.82) is 0 Å². The van der Waals surface area contributed by atoms with E-state index in [9.17, 15) is 14.0 Å². The fraction of sp³-hybridized carbons (Fsp3) is 0.529. The highest BCUT2D eigenvalue weighted by molar-refractivity contribution is 5.89. The maximum absolute atomic E-state index is 13.5. The van der Waals surface area contributed by atoms with Crippen molar-refractivity contribution in [3.8, 4) is 0 Å². The molecule has 1 aliphatic carbocycles. The van der Waals surface area contributed by atoms with Crippen molar-refractivity contribution < 1.29 is 14.0 Å². The van der Waals surface area contributed by atoms with Gasteiger partial charge in [-0.15, -0.1) is 0 Å². The van der Waals surface area contributed by atoms with Crippen molar-refractivity contribution in [1.82, 2.24) is 10.2 Å². The van der Waals surface area contributed by atoms with Crippen molar-refractivity contribution in [2.24, 2.45) is 5.92 Å². The van der Waals surface area contributed by atoms with Crippen LogP contribution in [0.3, 0.4) is 0 Å². The van der Waals surface area contributed by atoms with E-state index in [0.717, 1.165) is 32.2 Å². The van der Waals surface area contributed by atoms with Crippen LogP contribution < -0.4 is 10.6 Å². The molecule has 2 N–H and O–H groups in total. The Morgan fingerprint density at radius 1 is 1.26 bits per heavy atom. The van der Waals surface area contributed by atoms with E-state index in [1.165, 1.54) is 6.07 Å². The summed E-state index contributed by atoms with van der Waals surface area (Å²) in [5.74, 6) is 0.0808. The number of urea groups is 1. The smallest absolute Gasteiger partial charge is 0.319 e. The lowest BCUT2D eigenvalue weighted by Gasteiger charge is -2.33. The first-order chi connectivity index (χ1) is 11.0. The van der Waals surface area contributed by atoms with Gasteiger partial charge < -0.3 is 15.5 Å². The van der Waals surface area contributed by atoms with Gasteiger partial charge in [0.05, 0.1) is 0 Å². The SMILES string of the molecule is Cc1ccc(NC(=O)NC2CCCN(C(=O)C3CC3)C2)cc1F. The van der Waals surface area contributed by atoms with Crippen LogP contribution in [0.5, 0.6) is 0 Å².